The van der Waals surface area contributed by atoms with Gasteiger partial charge < -0.3 is 19.5 Å². The number of amides is 2. The summed E-state index contributed by atoms with van der Waals surface area (Å²) in [6.45, 7) is 3.73. The smallest absolute Gasteiger partial charge is 0.246 e. The van der Waals surface area contributed by atoms with Crippen molar-refractivity contribution in [1.29, 1.82) is 0 Å². The van der Waals surface area contributed by atoms with Crippen LogP contribution < -0.4 is 10.1 Å². The van der Waals surface area contributed by atoms with Gasteiger partial charge in [-0.25, -0.2) is 0 Å². The molecule has 144 valence electrons. The fourth-order valence-electron chi connectivity index (χ4n) is 2.32. The molecular formula is C19H24N4O4. The van der Waals surface area contributed by atoms with E-state index >= 15 is 0 Å². The van der Waals surface area contributed by atoms with Gasteiger partial charge in [0.05, 0.1) is 13.7 Å². The van der Waals surface area contributed by atoms with Crippen LogP contribution >= 0.6 is 0 Å². The number of aryl methyl sites for hydroxylation is 1. The van der Waals surface area contributed by atoms with Crippen molar-refractivity contribution in [2.75, 3.05) is 14.2 Å². The number of hydrogen-bond donors (Lipinski definition) is 1. The summed E-state index contributed by atoms with van der Waals surface area (Å²) in [7, 11) is 3.21. The number of carbonyl (C=O) groups is 2. The lowest BCUT2D eigenvalue weighted by Crippen LogP contribution is -2.44. The summed E-state index contributed by atoms with van der Waals surface area (Å²) >= 11 is 0. The predicted molar refractivity (Wildman–Crippen MR) is 99.8 cm³/mol. The number of nitrogens with one attached hydrogen (secondary N) is 1. The summed E-state index contributed by atoms with van der Waals surface area (Å²) in [6.07, 6.45) is 3.71. The van der Waals surface area contributed by atoms with E-state index in [0.29, 0.717) is 18.1 Å². The number of nitrogens with zero attached hydrogens (tertiary/aromatic N) is 3. The van der Waals surface area contributed by atoms with E-state index in [1.165, 1.54) is 11.0 Å². The van der Waals surface area contributed by atoms with Gasteiger partial charge in [0.1, 0.15) is 11.8 Å². The summed E-state index contributed by atoms with van der Waals surface area (Å²) < 4.78 is 10.2. The molecule has 2 amide bonds. The van der Waals surface area contributed by atoms with Crippen LogP contribution in [-0.4, -0.2) is 47.1 Å². The van der Waals surface area contributed by atoms with Gasteiger partial charge in [-0.2, -0.15) is 4.98 Å². The third-order valence-electron chi connectivity index (χ3n) is 3.85. The average molecular weight is 372 g/mol. The molecule has 8 heteroatoms. The Morgan fingerprint density at radius 3 is 2.63 bits per heavy atom. The van der Waals surface area contributed by atoms with Gasteiger partial charge in [-0.05, 0) is 30.7 Å². The molecule has 0 saturated carbocycles. The van der Waals surface area contributed by atoms with Crippen molar-refractivity contribution in [3.05, 3.63) is 47.6 Å². The molecule has 2 rings (SSSR count). The molecule has 8 nitrogen and oxygen atoms in total. The number of likely N-dealkylation sites (N-methyl/N-ethyl adjacent to an activating group) is 1. The van der Waals surface area contributed by atoms with E-state index in [4.69, 9.17) is 9.26 Å². The first-order chi connectivity index (χ1) is 12.9. The number of aromatic nitrogens is 2. The van der Waals surface area contributed by atoms with Crippen LogP contribution in [0, 0.1) is 0 Å². The number of carbonyl (C=O) groups excluding carboxylic acids is 2. The lowest BCUT2D eigenvalue weighted by atomic mass is 10.2. The Labute approximate surface area is 158 Å². The fourth-order valence-corrected chi connectivity index (χ4v) is 2.32. The summed E-state index contributed by atoms with van der Waals surface area (Å²) in [4.78, 5) is 30.0. The molecular weight excluding hydrogens is 348 g/mol. The second-order valence-corrected chi connectivity index (χ2v) is 5.99. The Morgan fingerprint density at radius 2 is 2.04 bits per heavy atom. The van der Waals surface area contributed by atoms with E-state index < -0.39 is 6.04 Å². The van der Waals surface area contributed by atoms with Crippen molar-refractivity contribution < 1.29 is 18.8 Å². The van der Waals surface area contributed by atoms with Gasteiger partial charge in [0.2, 0.25) is 17.7 Å². The van der Waals surface area contributed by atoms with Gasteiger partial charge in [0.25, 0.3) is 0 Å². The largest absolute Gasteiger partial charge is 0.497 e. The zero-order valence-corrected chi connectivity index (χ0v) is 15.9. The van der Waals surface area contributed by atoms with Crippen LogP contribution in [-0.2, 0) is 22.6 Å². The molecule has 0 saturated heterocycles. The summed E-state index contributed by atoms with van der Waals surface area (Å²) in [5.74, 6) is 1.09. The number of hydrogen-bond acceptors (Lipinski definition) is 6. The van der Waals surface area contributed by atoms with Gasteiger partial charge in [0.15, 0.2) is 5.82 Å². The van der Waals surface area contributed by atoms with Gasteiger partial charge in [-0.15, -0.1) is 0 Å². The second-order valence-electron chi connectivity index (χ2n) is 5.99. The normalized spacial score (nSPS) is 12.0. The van der Waals surface area contributed by atoms with Crippen molar-refractivity contribution in [2.45, 2.75) is 32.9 Å². The van der Waals surface area contributed by atoms with Crippen LogP contribution in [0.25, 0.3) is 6.08 Å². The van der Waals surface area contributed by atoms with Crippen molar-refractivity contribution >= 4 is 17.9 Å². The topological polar surface area (TPSA) is 97.6 Å². The van der Waals surface area contributed by atoms with E-state index in [9.17, 15) is 9.59 Å². The molecule has 1 aromatic heterocycles. The van der Waals surface area contributed by atoms with E-state index in [-0.39, 0.29) is 18.4 Å². The van der Waals surface area contributed by atoms with Crippen molar-refractivity contribution in [3.63, 3.8) is 0 Å². The quantitative estimate of drug-likeness (QED) is 0.710. The van der Waals surface area contributed by atoms with Crippen LogP contribution in [0.5, 0.6) is 5.75 Å². The molecule has 1 aromatic carbocycles. The minimum atomic E-state index is -0.684. The Morgan fingerprint density at radius 1 is 1.33 bits per heavy atom. The summed E-state index contributed by atoms with van der Waals surface area (Å²) in [5.41, 5.74) is 0.852. The first kappa shape index (κ1) is 20.2. The standard InChI is InChI=1S/C19H24N4O4/c1-5-16-21-18(27-22-16)12-23(3)19(25)13(2)20-17(24)11-8-14-6-9-15(26-4)10-7-14/h6-11,13H,5,12H2,1-4H3,(H,20,24)/b11-8+. The van der Waals surface area contributed by atoms with Crippen LogP contribution in [0.15, 0.2) is 34.9 Å². The second kappa shape index (κ2) is 9.51. The van der Waals surface area contributed by atoms with Crippen LogP contribution in [0.1, 0.15) is 31.1 Å². The lowest BCUT2D eigenvalue weighted by Gasteiger charge is -2.20. The van der Waals surface area contributed by atoms with E-state index in [0.717, 1.165) is 11.3 Å². The Balaban J connectivity index is 1.86. The molecule has 0 spiro atoms. The van der Waals surface area contributed by atoms with E-state index in [1.807, 2.05) is 19.1 Å². The minimum absolute atomic E-state index is 0.188. The van der Waals surface area contributed by atoms with Crippen LogP contribution in [0.3, 0.4) is 0 Å². The monoisotopic (exact) mass is 372 g/mol. The number of benzene rings is 1. The maximum atomic E-state index is 12.4. The van der Waals surface area contributed by atoms with Crippen molar-refractivity contribution in [2.24, 2.45) is 0 Å². The molecule has 0 bridgehead atoms. The van der Waals surface area contributed by atoms with Gasteiger partial charge in [-0.1, -0.05) is 24.2 Å². The molecule has 27 heavy (non-hydrogen) atoms. The highest BCUT2D eigenvalue weighted by molar-refractivity contribution is 5.95. The molecule has 1 unspecified atom stereocenters. The Kier molecular flexibility index (Phi) is 7.10. The first-order valence-electron chi connectivity index (χ1n) is 8.62. The lowest BCUT2D eigenvalue weighted by molar-refractivity contribution is -0.134. The SMILES string of the molecule is CCc1noc(CN(C)C(=O)C(C)NC(=O)/C=C/c2ccc(OC)cc2)n1. The maximum Gasteiger partial charge on any atom is 0.246 e. The highest BCUT2D eigenvalue weighted by Gasteiger charge is 2.20. The highest BCUT2D eigenvalue weighted by Crippen LogP contribution is 2.12. The Hall–Kier alpha value is -3.16. The Bertz CT molecular complexity index is 798. The molecule has 0 radical (unpaired) electrons. The molecule has 0 fully saturated rings. The van der Waals surface area contributed by atoms with Gasteiger partial charge >= 0.3 is 0 Å². The third-order valence-corrected chi connectivity index (χ3v) is 3.85. The number of methoxy groups -OCH3 is 1. The number of rotatable bonds is 8. The van der Waals surface area contributed by atoms with Crippen LogP contribution in [0.2, 0.25) is 0 Å². The molecule has 2 aromatic rings. The molecule has 1 atom stereocenters. The average Bonchev–Trinajstić information content (AvgIpc) is 3.13. The molecule has 0 aliphatic heterocycles. The zero-order valence-electron chi connectivity index (χ0n) is 15.9. The fraction of sp³-hybridized carbons (Fsp3) is 0.368. The maximum absolute atomic E-state index is 12.4. The van der Waals surface area contributed by atoms with Crippen LogP contribution in [0.4, 0.5) is 0 Å². The zero-order chi connectivity index (χ0) is 19.8. The van der Waals surface area contributed by atoms with Gasteiger partial charge in [-0.3, -0.25) is 9.59 Å². The minimum Gasteiger partial charge on any atom is -0.497 e. The number of ether oxygens (including phenoxy) is 1. The van der Waals surface area contributed by atoms with E-state index in [1.54, 1.807) is 39.3 Å². The summed E-state index contributed by atoms with van der Waals surface area (Å²) in [5, 5.41) is 6.44. The third kappa shape index (κ3) is 5.95. The van der Waals surface area contributed by atoms with Crippen molar-refractivity contribution in [3.8, 4) is 5.75 Å². The molecule has 0 aliphatic rings. The predicted octanol–water partition coefficient (Wildman–Crippen LogP) is 1.82. The first-order valence-corrected chi connectivity index (χ1v) is 8.62. The van der Waals surface area contributed by atoms with Gasteiger partial charge in [0, 0.05) is 19.5 Å². The molecule has 0 aliphatic carbocycles. The highest BCUT2D eigenvalue weighted by atomic mass is 16.5. The summed E-state index contributed by atoms with van der Waals surface area (Å²) in [6, 6.07) is 6.59. The molecule has 1 heterocycles. The van der Waals surface area contributed by atoms with E-state index in [2.05, 4.69) is 15.5 Å². The van der Waals surface area contributed by atoms with Crippen molar-refractivity contribution in [1.82, 2.24) is 20.4 Å². The molecule has 1 N–H and O–H groups in total.